The molecule has 5 aliphatic rings. The minimum atomic E-state index is -1.19. The molecule has 5 fully saturated rings. The van der Waals surface area contributed by atoms with Crippen molar-refractivity contribution in [1.29, 1.82) is 0 Å². The van der Waals surface area contributed by atoms with Crippen LogP contribution in [0.1, 0.15) is 106 Å². The molecular weight excluding hydrogens is 468 g/mol. The van der Waals surface area contributed by atoms with Crippen LogP contribution in [0.25, 0.3) is 0 Å². The van der Waals surface area contributed by atoms with Gasteiger partial charge in [0.1, 0.15) is 0 Å². The van der Waals surface area contributed by atoms with E-state index in [2.05, 4.69) is 20.8 Å². The highest BCUT2D eigenvalue weighted by Gasteiger charge is 2.85. The Morgan fingerprint density at radius 1 is 0.946 bits per heavy atom. The van der Waals surface area contributed by atoms with E-state index in [0.717, 1.165) is 44.9 Å². The topological polar surface area (TPSA) is 118 Å². The van der Waals surface area contributed by atoms with Gasteiger partial charge >= 0.3 is 5.97 Å². The first-order valence-corrected chi connectivity index (χ1v) is 15.0. The van der Waals surface area contributed by atoms with Gasteiger partial charge in [0.2, 0.25) is 0 Å². The highest BCUT2D eigenvalue weighted by Crippen LogP contribution is 2.89. The van der Waals surface area contributed by atoms with Crippen LogP contribution in [-0.4, -0.2) is 55.9 Å². The van der Waals surface area contributed by atoms with E-state index in [-0.39, 0.29) is 46.5 Å². The minimum absolute atomic E-state index is 0.00659. The number of rotatable bonds is 7. The molecule has 0 amide bonds. The number of hydrogen-bond donors (Lipinski definition) is 5. The molecule has 0 radical (unpaired) electrons. The van der Waals surface area contributed by atoms with Crippen LogP contribution in [0.15, 0.2) is 0 Å². The molecule has 212 valence electrons. The predicted molar refractivity (Wildman–Crippen MR) is 142 cm³/mol. The molecule has 5 rings (SSSR count). The summed E-state index contributed by atoms with van der Waals surface area (Å²) in [7, 11) is 0. The van der Waals surface area contributed by atoms with Crippen LogP contribution in [0, 0.1) is 56.7 Å². The molecule has 0 bridgehead atoms. The third kappa shape index (κ3) is 3.22. The summed E-state index contributed by atoms with van der Waals surface area (Å²) in [6.07, 6.45) is 7.20. The normalized spacial score (nSPS) is 52.9. The van der Waals surface area contributed by atoms with E-state index in [1.54, 1.807) is 6.92 Å². The fourth-order valence-corrected chi connectivity index (χ4v) is 11.5. The van der Waals surface area contributed by atoms with Gasteiger partial charge in [0, 0.05) is 11.8 Å². The minimum Gasteiger partial charge on any atom is -0.481 e. The number of carbonyl (C=O) groups is 1. The Morgan fingerprint density at radius 2 is 1.59 bits per heavy atom. The Hall–Kier alpha value is -0.690. The first-order valence-electron chi connectivity index (χ1n) is 15.0. The summed E-state index contributed by atoms with van der Waals surface area (Å²) in [5.41, 5.74) is -2.28. The molecule has 6 nitrogen and oxygen atoms in total. The smallest absolute Gasteiger partial charge is 0.312 e. The van der Waals surface area contributed by atoms with Gasteiger partial charge in [0.15, 0.2) is 0 Å². The average Bonchev–Trinajstić information content (AvgIpc) is 3.45. The summed E-state index contributed by atoms with van der Waals surface area (Å²) in [4.78, 5) is 12.5. The van der Waals surface area contributed by atoms with Crippen LogP contribution < -0.4 is 0 Å². The number of hydrogen-bond acceptors (Lipinski definition) is 5. The van der Waals surface area contributed by atoms with E-state index in [4.69, 9.17) is 0 Å². The molecule has 0 aromatic carbocycles. The predicted octanol–water partition coefficient (Wildman–Crippen LogP) is 4.62. The van der Waals surface area contributed by atoms with Gasteiger partial charge in [-0.15, -0.1) is 0 Å². The first-order chi connectivity index (χ1) is 17.1. The van der Waals surface area contributed by atoms with Crippen molar-refractivity contribution in [2.45, 2.75) is 124 Å². The van der Waals surface area contributed by atoms with Crippen LogP contribution in [0.2, 0.25) is 0 Å². The zero-order valence-electron chi connectivity index (χ0n) is 24.0. The molecule has 0 aromatic heterocycles. The molecule has 0 aliphatic heterocycles. The van der Waals surface area contributed by atoms with Crippen molar-refractivity contribution in [3.63, 3.8) is 0 Å². The standard InChI is InChI=1S/C31H52O6/c1-18(2)30(37,17-32)12-9-19(3)20-10-11-27(5)21-7-8-22-28(6,25(35)36)23(33)15-24(34)31(22)16-29(21,31)14-13-26(20,27)4/h18-24,32-34,37H,7-17H2,1-6H3,(H,35,36)/t19-,20-,21+,22+,23+,24+,26-,27+,28+,29+,30?,31-/m1/s1. The van der Waals surface area contributed by atoms with Gasteiger partial charge in [-0.3, -0.25) is 4.79 Å². The molecule has 12 atom stereocenters. The highest BCUT2D eigenvalue weighted by molar-refractivity contribution is 5.76. The van der Waals surface area contributed by atoms with Crippen molar-refractivity contribution in [2.75, 3.05) is 6.61 Å². The summed E-state index contributed by atoms with van der Waals surface area (Å²) >= 11 is 0. The summed E-state index contributed by atoms with van der Waals surface area (Å²) in [6, 6.07) is 0. The van der Waals surface area contributed by atoms with Crippen LogP contribution in [0.4, 0.5) is 0 Å². The summed E-state index contributed by atoms with van der Waals surface area (Å²) < 4.78 is 0. The molecule has 0 saturated heterocycles. The van der Waals surface area contributed by atoms with Gasteiger partial charge in [-0.05, 0) is 111 Å². The SMILES string of the molecule is CC(C)C(O)(CO)CC[C@@H](C)[C@H]1CC[C@@]2(C)[C@@H]3CC[C@H]4[C@](C)(C(=O)O)[C@@H](O)C[C@H](O)[C@@]45C[C@@]35CC[C@]12C. The lowest BCUT2D eigenvalue weighted by molar-refractivity contribution is -0.210. The second kappa shape index (κ2) is 8.41. The Balaban J connectivity index is 1.41. The van der Waals surface area contributed by atoms with E-state index >= 15 is 0 Å². The molecule has 6 heteroatoms. The Bertz CT molecular complexity index is 937. The summed E-state index contributed by atoms with van der Waals surface area (Å²) in [6.45, 7) is 12.8. The fraction of sp³-hybridized carbons (Fsp3) is 0.968. The average molecular weight is 521 g/mol. The van der Waals surface area contributed by atoms with Crippen molar-refractivity contribution in [3.8, 4) is 0 Å². The molecule has 2 spiro atoms. The number of carboxylic acid groups (broad SMARTS) is 1. The molecule has 37 heavy (non-hydrogen) atoms. The lowest BCUT2D eigenvalue weighted by Gasteiger charge is -2.63. The van der Waals surface area contributed by atoms with Gasteiger partial charge in [0.05, 0.1) is 29.8 Å². The van der Waals surface area contributed by atoms with Crippen molar-refractivity contribution >= 4 is 5.97 Å². The monoisotopic (exact) mass is 520 g/mol. The largest absolute Gasteiger partial charge is 0.481 e. The zero-order chi connectivity index (χ0) is 27.4. The van der Waals surface area contributed by atoms with E-state index < -0.39 is 29.2 Å². The molecule has 5 saturated carbocycles. The van der Waals surface area contributed by atoms with Gasteiger partial charge in [0.25, 0.3) is 0 Å². The Kier molecular flexibility index (Phi) is 6.33. The number of carboxylic acids is 1. The van der Waals surface area contributed by atoms with E-state index in [0.29, 0.717) is 24.2 Å². The van der Waals surface area contributed by atoms with Crippen LogP contribution in [-0.2, 0) is 4.79 Å². The maximum atomic E-state index is 12.5. The van der Waals surface area contributed by atoms with Gasteiger partial charge in [-0.25, -0.2) is 0 Å². The van der Waals surface area contributed by atoms with Crippen molar-refractivity contribution in [1.82, 2.24) is 0 Å². The van der Waals surface area contributed by atoms with Crippen molar-refractivity contribution < 1.29 is 30.3 Å². The number of aliphatic hydroxyl groups excluding tert-OH is 3. The second-order valence-electron chi connectivity index (χ2n) is 15.3. The highest BCUT2D eigenvalue weighted by atomic mass is 16.4. The maximum Gasteiger partial charge on any atom is 0.312 e. The fourth-order valence-electron chi connectivity index (χ4n) is 11.5. The van der Waals surface area contributed by atoms with Gasteiger partial charge in [-0.2, -0.15) is 0 Å². The van der Waals surface area contributed by atoms with Crippen LogP contribution in [0.3, 0.4) is 0 Å². The van der Waals surface area contributed by atoms with E-state index in [1.165, 1.54) is 6.42 Å². The summed E-state index contributed by atoms with van der Waals surface area (Å²) in [5.74, 6) is 0.404. The molecule has 5 aliphatic carbocycles. The van der Waals surface area contributed by atoms with E-state index in [1.807, 2.05) is 13.8 Å². The zero-order valence-corrected chi connectivity index (χ0v) is 24.0. The van der Waals surface area contributed by atoms with Gasteiger partial charge < -0.3 is 25.5 Å². The van der Waals surface area contributed by atoms with Crippen LogP contribution in [0.5, 0.6) is 0 Å². The number of fused-ring (bicyclic) bond motifs is 2. The lowest BCUT2D eigenvalue weighted by atomic mass is 9.41. The lowest BCUT2D eigenvalue weighted by Crippen LogP contribution is -2.63. The van der Waals surface area contributed by atoms with Crippen molar-refractivity contribution in [3.05, 3.63) is 0 Å². The molecule has 1 unspecified atom stereocenters. The number of aliphatic carboxylic acids is 1. The molecule has 0 aromatic rings. The number of aliphatic hydroxyl groups is 4. The Labute approximate surface area is 223 Å². The summed E-state index contributed by atoms with van der Waals surface area (Å²) in [5, 5.41) is 53.4. The molecular formula is C31H52O6. The maximum absolute atomic E-state index is 12.5. The molecule has 0 heterocycles. The third-order valence-corrected chi connectivity index (χ3v) is 14.4. The third-order valence-electron chi connectivity index (χ3n) is 14.4. The quantitative estimate of drug-likeness (QED) is 0.334. The molecule has 5 N–H and O–H groups in total. The van der Waals surface area contributed by atoms with Crippen LogP contribution >= 0.6 is 0 Å². The first kappa shape index (κ1) is 27.9. The van der Waals surface area contributed by atoms with Gasteiger partial charge in [-0.1, -0.05) is 34.6 Å². The van der Waals surface area contributed by atoms with Crippen molar-refractivity contribution in [2.24, 2.45) is 56.7 Å². The second-order valence-corrected chi connectivity index (χ2v) is 15.3. The Morgan fingerprint density at radius 3 is 2.19 bits per heavy atom. The van der Waals surface area contributed by atoms with E-state index in [9.17, 15) is 30.3 Å².